The van der Waals surface area contributed by atoms with E-state index in [1.807, 2.05) is 0 Å². The van der Waals surface area contributed by atoms with Gasteiger partial charge in [-0.05, 0) is 42.1 Å². The molecule has 0 unspecified atom stereocenters. The van der Waals surface area contributed by atoms with Crippen molar-refractivity contribution >= 4 is 57.9 Å². The molecule has 2 aliphatic heterocycles. The fourth-order valence-electron chi connectivity index (χ4n) is 2.71. The van der Waals surface area contributed by atoms with E-state index < -0.39 is 16.8 Å². The summed E-state index contributed by atoms with van der Waals surface area (Å²) in [6, 6.07) is 6.82. The van der Waals surface area contributed by atoms with Gasteiger partial charge in [-0.15, -0.1) is 0 Å². The second-order valence-electron chi connectivity index (χ2n) is 5.97. The Morgan fingerprint density at radius 1 is 1.30 bits per heavy atom. The highest BCUT2D eigenvalue weighted by Crippen LogP contribution is 2.40. The van der Waals surface area contributed by atoms with Crippen molar-refractivity contribution in [3.8, 4) is 11.5 Å². The Kier molecular flexibility index (Phi) is 5.06. The highest BCUT2D eigenvalue weighted by atomic mass is 35.5. The van der Waals surface area contributed by atoms with Crippen molar-refractivity contribution in [2.75, 3.05) is 6.79 Å². The van der Waals surface area contributed by atoms with Crippen LogP contribution in [-0.4, -0.2) is 33.9 Å². The van der Waals surface area contributed by atoms with Crippen molar-refractivity contribution in [2.45, 2.75) is 0 Å². The number of nitrogens with zero attached hydrogens (tertiary/aromatic N) is 2. The molecular weight excluding hydrogens is 438 g/mol. The van der Waals surface area contributed by atoms with E-state index in [0.717, 1.165) is 11.8 Å². The van der Waals surface area contributed by atoms with Crippen molar-refractivity contribution < 1.29 is 29.1 Å². The van der Waals surface area contributed by atoms with Gasteiger partial charge in [0.25, 0.3) is 11.6 Å². The lowest BCUT2D eigenvalue weighted by atomic mass is 10.1. The van der Waals surface area contributed by atoms with Crippen LogP contribution in [0.1, 0.15) is 15.9 Å². The third-order valence-corrected chi connectivity index (χ3v) is 5.31. The van der Waals surface area contributed by atoms with E-state index in [-0.39, 0.29) is 50.1 Å². The molecule has 2 N–H and O–H groups in total. The molecule has 0 spiro atoms. The van der Waals surface area contributed by atoms with Crippen molar-refractivity contribution in [3.05, 3.63) is 61.5 Å². The fraction of sp³-hybridized carbons (Fsp3) is 0.0556. The van der Waals surface area contributed by atoms with Crippen LogP contribution in [0.15, 0.2) is 40.2 Å². The highest BCUT2D eigenvalue weighted by Gasteiger charge is 2.27. The molecule has 12 heteroatoms. The topological polar surface area (TPSA) is 140 Å². The zero-order chi connectivity index (χ0) is 21.4. The summed E-state index contributed by atoms with van der Waals surface area (Å²) >= 11 is 6.79. The number of ether oxygens (including phenoxy) is 2. The van der Waals surface area contributed by atoms with E-state index in [0.29, 0.717) is 5.75 Å². The third kappa shape index (κ3) is 3.80. The van der Waals surface area contributed by atoms with Gasteiger partial charge in [0.15, 0.2) is 16.7 Å². The first kappa shape index (κ1) is 19.7. The third-order valence-electron chi connectivity index (χ3n) is 4.07. The van der Waals surface area contributed by atoms with Gasteiger partial charge in [0.05, 0.1) is 37.7 Å². The SMILES string of the molecule is O=C1NC(=Nc2ccc(Cl)c(C(=O)O)c2)S/C1=C/c1cc2c(cc1[N+](=O)[O-])OCO2. The summed E-state index contributed by atoms with van der Waals surface area (Å²) in [4.78, 5) is 38.7. The van der Waals surface area contributed by atoms with E-state index in [1.54, 1.807) is 0 Å². The lowest BCUT2D eigenvalue weighted by Crippen LogP contribution is -2.19. The first-order valence-electron chi connectivity index (χ1n) is 8.22. The summed E-state index contributed by atoms with van der Waals surface area (Å²) in [5.74, 6) is -1.11. The molecular formula is C18H10ClN3O7S. The number of halogens is 1. The first-order valence-corrected chi connectivity index (χ1v) is 9.42. The molecule has 0 aromatic heterocycles. The molecule has 1 saturated heterocycles. The van der Waals surface area contributed by atoms with Crippen LogP contribution in [0.25, 0.3) is 6.08 Å². The number of thioether (sulfide) groups is 1. The normalized spacial score (nSPS) is 17.4. The smallest absolute Gasteiger partial charge is 0.337 e. The number of carbonyl (C=O) groups excluding carboxylic acids is 1. The summed E-state index contributed by atoms with van der Waals surface area (Å²) in [7, 11) is 0. The van der Waals surface area contributed by atoms with E-state index in [4.69, 9.17) is 26.2 Å². The number of nitrogens with one attached hydrogen (secondary N) is 1. The quantitative estimate of drug-likeness (QED) is 0.411. The number of benzene rings is 2. The van der Waals surface area contributed by atoms with Crippen LogP contribution in [0.4, 0.5) is 11.4 Å². The molecule has 2 aliphatic rings. The summed E-state index contributed by atoms with van der Waals surface area (Å²) in [6.45, 7) is -0.0437. The van der Waals surface area contributed by atoms with Gasteiger partial charge < -0.3 is 19.9 Å². The molecule has 0 aliphatic carbocycles. The number of carbonyl (C=O) groups is 2. The summed E-state index contributed by atoms with van der Waals surface area (Å²) in [5, 5.41) is 23.3. The minimum atomic E-state index is -1.21. The Hall–Kier alpha value is -3.57. The second-order valence-corrected chi connectivity index (χ2v) is 7.41. The molecule has 0 bridgehead atoms. The van der Waals surface area contributed by atoms with Gasteiger partial charge in [0.1, 0.15) is 0 Å². The summed E-state index contributed by atoms with van der Waals surface area (Å²) in [6.07, 6.45) is 1.35. The molecule has 30 heavy (non-hydrogen) atoms. The Bertz CT molecular complexity index is 1180. The van der Waals surface area contributed by atoms with Gasteiger partial charge in [-0.25, -0.2) is 9.79 Å². The fourth-order valence-corrected chi connectivity index (χ4v) is 3.74. The van der Waals surface area contributed by atoms with Crippen LogP contribution < -0.4 is 14.8 Å². The number of fused-ring (bicyclic) bond motifs is 1. The van der Waals surface area contributed by atoms with Gasteiger partial charge in [-0.1, -0.05) is 11.6 Å². The molecule has 1 amide bonds. The van der Waals surface area contributed by atoms with E-state index >= 15 is 0 Å². The molecule has 0 atom stereocenters. The number of hydrogen-bond donors (Lipinski definition) is 2. The average molecular weight is 448 g/mol. The average Bonchev–Trinajstić information content (AvgIpc) is 3.28. The van der Waals surface area contributed by atoms with Gasteiger partial charge >= 0.3 is 5.97 Å². The molecule has 2 heterocycles. The van der Waals surface area contributed by atoms with Gasteiger partial charge in [0, 0.05) is 0 Å². The van der Waals surface area contributed by atoms with Crippen LogP contribution in [-0.2, 0) is 4.79 Å². The summed E-state index contributed by atoms with van der Waals surface area (Å²) < 4.78 is 10.4. The maximum atomic E-state index is 12.3. The van der Waals surface area contributed by atoms with E-state index in [2.05, 4.69) is 10.3 Å². The maximum absolute atomic E-state index is 12.3. The van der Waals surface area contributed by atoms with Crippen LogP contribution in [0.2, 0.25) is 5.02 Å². The number of carboxylic acid groups (broad SMARTS) is 1. The molecule has 2 aromatic carbocycles. The Morgan fingerprint density at radius 2 is 2.03 bits per heavy atom. The molecule has 2 aromatic rings. The van der Waals surface area contributed by atoms with Crippen LogP contribution in [0.3, 0.4) is 0 Å². The largest absolute Gasteiger partial charge is 0.478 e. The number of amidine groups is 1. The van der Waals surface area contributed by atoms with Crippen molar-refractivity contribution in [2.24, 2.45) is 4.99 Å². The van der Waals surface area contributed by atoms with Gasteiger partial charge in [0.2, 0.25) is 6.79 Å². The predicted molar refractivity (Wildman–Crippen MR) is 108 cm³/mol. The number of carboxylic acids is 1. The molecule has 0 saturated carbocycles. The molecule has 1 fully saturated rings. The minimum Gasteiger partial charge on any atom is -0.478 e. The van der Waals surface area contributed by atoms with Gasteiger partial charge in [-0.3, -0.25) is 14.9 Å². The van der Waals surface area contributed by atoms with Crippen molar-refractivity contribution in [3.63, 3.8) is 0 Å². The summed E-state index contributed by atoms with van der Waals surface area (Å²) in [5.41, 5.74) is 0.0756. The van der Waals surface area contributed by atoms with Crippen LogP contribution in [0, 0.1) is 10.1 Å². The minimum absolute atomic E-state index is 0.0437. The predicted octanol–water partition coefficient (Wildman–Crippen LogP) is 3.57. The Labute approximate surface area is 177 Å². The monoisotopic (exact) mass is 447 g/mol. The Morgan fingerprint density at radius 3 is 2.73 bits per heavy atom. The maximum Gasteiger partial charge on any atom is 0.337 e. The van der Waals surface area contributed by atoms with Gasteiger partial charge in [-0.2, -0.15) is 0 Å². The highest BCUT2D eigenvalue weighted by molar-refractivity contribution is 8.18. The zero-order valence-corrected chi connectivity index (χ0v) is 16.3. The number of nitro groups is 1. The van der Waals surface area contributed by atoms with Crippen LogP contribution in [0.5, 0.6) is 11.5 Å². The molecule has 10 nitrogen and oxygen atoms in total. The van der Waals surface area contributed by atoms with Crippen LogP contribution >= 0.6 is 23.4 Å². The van der Waals surface area contributed by atoms with Crippen molar-refractivity contribution in [1.82, 2.24) is 5.32 Å². The number of hydrogen-bond acceptors (Lipinski definition) is 8. The number of amides is 1. The number of aromatic carboxylic acids is 1. The van der Waals surface area contributed by atoms with E-state index in [9.17, 15) is 19.7 Å². The number of aliphatic imine (C=N–C) groups is 1. The first-order chi connectivity index (χ1) is 14.3. The van der Waals surface area contributed by atoms with E-state index in [1.165, 1.54) is 36.4 Å². The lowest BCUT2D eigenvalue weighted by Gasteiger charge is -2.01. The number of nitro benzene ring substituents is 1. The second kappa shape index (κ2) is 7.69. The Balaban J connectivity index is 1.66. The zero-order valence-electron chi connectivity index (χ0n) is 14.7. The molecule has 152 valence electrons. The molecule has 4 rings (SSSR count). The lowest BCUT2D eigenvalue weighted by molar-refractivity contribution is -0.385. The van der Waals surface area contributed by atoms with Crippen molar-refractivity contribution in [1.29, 1.82) is 0 Å². The standard InChI is InChI=1S/C18H10ClN3O7S/c19-11-2-1-9(5-10(11)17(24)25)20-18-21-16(23)15(30-18)4-8-3-13-14(29-7-28-13)6-12(8)22(26)27/h1-6H,7H2,(H,24,25)(H,20,21,23)/b15-4+. The molecule has 0 radical (unpaired) electrons. The number of rotatable bonds is 4.